The molecule has 2 nitrogen and oxygen atoms in total. The number of hydrogen-bond donors (Lipinski definition) is 2. The minimum absolute atomic E-state index is 0.355. The largest absolute Gasteiger partial charge is 0.396 e. The van der Waals surface area contributed by atoms with Crippen molar-refractivity contribution in [3.8, 4) is 0 Å². The van der Waals surface area contributed by atoms with E-state index in [1.54, 1.807) is 0 Å². The number of aliphatic hydroxyl groups excluding tert-OH is 1. The van der Waals surface area contributed by atoms with Crippen molar-refractivity contribution in [3.05, 3.63) is 0 Å². The summed E-state index contributed by atoms with van der Waals surface area (Å²) in [5.41, 5.74) is 0. The molecule has 0 aliphatic heterocycles. The second kappa shape index (κ2) is 9.00. The van der Waals surface area contributed by atoms with Gasteiger partial charge in [-0.3, -0.25) is 0 Å². The first-order valence-corrected chi connectivity index (χ1v) is 7.17. The van der Waals surface area contributed by atoms with Crippen LogP contribution in [0.2, 0.25) is 0 Å². The summed E-state index contributed by atoms with van der Waals surface area (Å²) in [6.45, 7) is 3.91. The van der Waals surface area contributed by atoms with Crippen LogP contribution in [-0.4, -0.2) is 24.3 Å². The molecule has 16 heavy (non-hydrogen) atoms. The number of hydrogen-bond acceptors (Lipinski definition) is 2. The Bertz CT molecular complexity index is 161. The lowest BCUT2D eigenvalue weighted by molar-refractivity contribution is 0.282. The number of aliphatic hydroxyl groups is 1. The zero-order valence-corrected chi connectivity index (χ0v) is 10.9. The van der Waals surface area contributed by atoms with E-state index in [-0.39, 0.29) is 0 Å². The Hall–Kier alpha value is -0.0800. The van der Waals surface area contributed by atoms with Gasteiger partial charge in [0.25, 0.3) is 0 Å². The second-order valence-electron chi connectivity index (χ2n) is 5.40. The van der Waals surface area contributed by atoms with Crippen LogP contribution in [0.1, 0.15) is 64.7 Å². The molecule has 0 aromatic carbocycles. The summed E-state index contributed by atoms with van der Waals surface area (Å²) in [6.07, 6.45) is 11.7. The molecule has 2 unspecified atom stereocenters. The molecule has 1 aliphatic rings. The summed E-state index contributed by atoms with van der Waals surface area (Å²) >= 11 is 0. The van der Waals surface area contributed by atoms with Crippen molar-refractivity contribution < 1.29 is 5.11 Å². The van der Waals surface area contributed by atoms with E-state index < -0.39 is 0 Å². The Morgan fingerprint density at radius 2 is 1.81 bits per heavy atom. The number of unbranched alkanes of at least 4 members (excludes halogenated alkanes) is 3. The van der Waals surface area contributed by atoms with Crippen molar-refractivity contribution in [2.24, 2.45) is 5.92 Å². The molecule has 0 saturated heterocycles. The van der Waals surface area contributed by atoms with E-state index in [4.69, 9.17) is 5.11 Å². The maximum atomic E-state index is 8.67. The van der Waals surface area contributed by atoms with Gasteiger partial charge in [-0.25, -0.2) is 0 Å². The second-order valence-corrected chi connectivity index (χ2v) is 5.40. The molecule has 0 aromatic heterocycles. The molecule has 0 bridgehead atoms. The standard InChI is InChI=1S/C14H29NO/c1-13-7-6-8-14(10-9-13)15-11-4-2-3-5-12-16/h13-16H,2-12H2,1H3. The first-order valence-electron chi connectivity index (χ1n) is 7.17. The van der Waals surface area contributed by atoms with Crippen LogP contribution in [0.5, 0.6) is 0 Å². The van der Waals surface area contributed by atoms with Crippen LogP contribution < -0.4 is 5.32 Å². The van der Waals surface area contributed by atoms with Gasteiger partial charge in [0.1, 0.15) is 0 Å². The van der Waals surface area contributed by atoms with Gasteiger partial charge in [-0.05, 0) is 44.6 Å². The topological polar surface area (TPSA) is 32.3 Å². The molecule has 2 atom stereocenters. The average molecular weight is 227 g/mol. The van der Waals surface area contributed by atoms with E-state index in [0.29, 0.717) is 6.61 Å². The molecular weight excluding hydrogens is 198 g/mol. The molecule has 2 N–H and O–H groups in total. The van der Waals surface area contributed by atoms with E-state index >= 15 is 0 Å². The molecule has 1 saturated carbocycles. The molecule has 0 heterocycles. The van der Waals surface area contributed by atoms with Crippen molar-refractivity contribution in [2.45, 2.75) is 70.8 Å². The normalized spacial score (nSPS) is 26.6. The maximum absolute atomic E-state index is 8.67. The van der Waals surface area contributed by atoms with Gasteiger partial charge in [-0.1, -0.05) is 32.6 Å². The molecule has 1 rings (SSSR count). The molecule has 96 valence electrons. The van der Waals surface area contributed by atoms with Crippen molar-refractivity contribution >= 4 is 0 Å². The highest BCUT2D eigenvalue weighted by molar-refractivity contribution is 4.73. The molecular formula is C14H29NO. The van der Waals surface area contributed by atoms with Gasteiger partial charge in [0.15, 0.2) is 0 Å². The van der Waals surface area contributed by atoms with Gasteiger partial charge in [0.2, 0.25) is 0 Å². The highest BCUT2D eigenvalue weighted by atomic mass is 16.2. The Morgan fingerprint density at radius 3 is 2.62 bits per heavy atom. The Balaban J connectivity index is 1.95. The maximum Gasteiger partial charge on any atom is 0.0431 e. The van der Waals surface area contributed by atoms with E-state index in [2.05, 4.69) is 12.2 Å². The fourth-order valence-corrected chi connectivity index (χ4v) is 2.59. The zero-order valence-electron chi connectivity index (χ0n) is 10.9. The Morgan fingerprint density at radius 1 is 1.00 bits per heavy atom. The summed E-state index contributed by atoms with van der Waals surface area (Å²) in [5.74, 6) is 0.941. The number of nitrogens with one attached hydrogen (secondary N) is 1. The smallest absolute Gasteiger partial charge is 0.0431 e. The van der Waals surface area contributed by atoms with Crippen molar-refractivity contribution in [1.82, 2.24) is 5.32 Å². The minimum Gasteiger partial charge on any atom is -0.396 e. The molecule has 0 radical (unpaired) electrons. The van der Waals surface area contributed by atoms with Crippen LogP contribution in [0.4, 0.5) is 0 Å². The van der Waals surface area contributed by atoms with Crippen molar-refractivity contribution in [2.75, 3.05) is 13.2 Å². The van der Waals surface area contributed by atoms with E-state index in [1.165, 1.54) is 57.9 Å². The summed E-state index contributed by atoms with van der Waals surface area (Å²) < 4.78 is 0. The molecule has 0 spiro atoms. The highest BCUT2D eigenvalue weighted by Gasteiger charge is 2.14. The fraction of sp³-hybridized carbons (Fsp3) is 1.00. The summed E-state index contributed by atoms with van der Waals surface area (Å²) in [7, 11) is 0. The highest BCUT2D eigenvalue weighted by Crippen LogP contribution is 2.22. The third-order valence-corrected chi connectivity index (χ3v) is 3.78. The monoisotopic (exact) mass is 227 g/mol. The predicted molar refractivity (Wildman–Crippen MR) is 69.6 cm³/mol. The lowest BCUT2D eigenvalue weighted by Crippen LogP contribution is -2.29. The zero-order chi connectivity index (χ0) is 11.6. The van der Waals surface area contributed by atoms with Gasteiger partial charge >= 0.3 is 0 Å². The van der Waals surface area contributed by atoms with Crippen molar-refractivity contribution in [3.63, 3.8) is 0 Å². The van der Waals surface area contributed by atoms with Crippen LogP contribution >= 0.6 is 0 Å². The number of rotatable bonds is 7. The van der Waals surface area contributed by atoms with E-state index in [0.717, 1.165) is 18.4 Å². The summed E-state index contributed by atoms with van der Waals surface area (Å²) in [4.78, 5) is 0. The van der Waals surface area contributed by atoms with Crippen LogP contribution in [-0.2, 0) is 0 Å². The summed E-state index contributed by atoms with van der Waals surface area (Å²) in [6, 6.07) is 0.780. The fourth-order valence-electron chi connectivity index (χ4n) is 2.59. The van der Waals surface area contributed by atoms with Crippen molar-refractivity contribution in [1.29, 1.82) is 0 Å². The lowest BCUT2D eigenvalue weighted by atomic mass is 10.0. The van der Waals surface area contributed by atoms with E-state index in [1.807, 2.05) is 0 Å². The SMILES string of the molecule is CC1CCCC(NCCCCCCO)CC1. The van der Waals surface area contributed by atoms with Crippen LogP contribution in [0.15, 0.2) is 0 Å². The van der Waals surface area contributed by atoms with Gasteiger partial charge < -0.3 is 10.4 Å². The quantitative estimate of drug-likeness (QED) is 0.517. The molecule has 2 heteroatoms. The summed E-state index contributed by atoms with van der Waals surface area (Å²) in [5, 5.41) is 12.4. The van der Waals surface area contributed by atoms with Crippen LogP contribution in [0.25, 0.3) is 0 Å². The van der Waals surface area contributed by atoms with E-state index in [9.17, 15) is 0 Å². The molecule has 0 amide bonds. The third-order valence-electron chi connectivity index (χ3n) is 3.78. The molecule has 0 aromatic rings. The Kier molecular flexibility index (Phi) is 7.87. The van der Waals surface area contributed by atoms with Gasteiger partial charge in [-0.15, -0.1) is 0 Å². The van der Waals surface area contributed by atoms with Gasteiger partial charge in [0, 0.05) is 12.6 Å². The van der Waals surface area contributed by atoms with Gasteiger partial charge in [0.05, 0.1) is 0 Å². The lowest BCUT2D eigenvalue weighted by Gasteiger charge is -2.16. The first kappa shape index (κ1) is 14.0. The molecule has 1 fully saturated rings. The van der Waals surface area contributed by atoms with Crippen LogP contribution in [0, 0.1) is 5.92 Å². The van der Waals surface area contributed by atoms with Crippen LogP contribution in [0.3, 0.4) is 0 Å². The average Bonchev–Trinajstić information content (AvgIpc) is 2.49. The minimum atomic E-state index is 0.355. The van der Waals surface area contributed by atoms with Gasteiger partial charge in [-0.2, -0.15) is 0 Å². The first-order chi connectivity index (χ1) is 7.83. The predicted octanol–water partition coefficient (Wildman–Crippen LogP) is 3.10. The third kappa shape index (κ3) is 6.49. The Labute approximate surface area is 101 Å². The molecule has 1 aliphatic carbocycles.